The normalized spacial score (nSPS) is 31.8. The zero-order valence-electron chi connectivity index (χ0n) is 13.3. The maximum absolute atomic E-state index is 12.0. The Morgan fingerprint density at radius 3 is 2.65 bits per heavy atom. The lowest BCUT2D eigenvalue weighted by molar-refractivity contribution is -0.897. The molecule has 0 aromatic carbocycles. The molecule has 3 nitrogen and oxygen atoms in total. The van der Waals surface area contributed by atoms with Crippen LogP contribution in [0.25, 0.3) is 0 Å². The molecule has 0 saturated carbocycles. The average Bonchev–Trinajstić information content (AvgIpc) is 2.38. The molecule has 0 radical (unpaired) electrons. The van der Waals surface area contributed by atoms with Crippen molar-refractivity contribution in [2.24, 2.45) is 17.8 Å². The number of esters is 1. The van der Waals surface area contributed by atoms with Crippen molar-refractivity contribution in [1.82, 2.24) is 0 Å². The highest BCUT2D eigenvalue weighted by molar-refractivity contribution is 5.70. The molecule has 0 bridgehead atoms. The summed E-state index contributed by atoms with van der Waals surface area (Å²) >= 11 is 0. The van der Waals surface area contributed by atoms with Crippen LogP contribution in [0.15, 0.2) is 11.6 Å². The van der Waals surface area contributed by atoms with Gasteiger partial charge in [-0.2, -0.15) is 0 Å². The van der Waals surface area contributed by atoms with Gasteiger partial charge in [-0.3, -0.25) is 0 Å². The van der Waals surface area contributed by atoms with Gasteiger partial charge in [-0.1, -0.05) is 25.5 Å². The van der Waals surface area contributed by atoms with Crippen molar-refractivity contribution in [3.8, 4) is 0 Å². The predicted octanol–water partition coefficient (Wildman–Crippen LogP) is 1.84. The van der Waals surface area contributed by atoms with Gasteiger partial charge in [0.1, 0.15) is 0 Å². The Morgan fingerprint density at radius 1 is 1.30 bits per heavy atom. The van der Waals surface area contributed by atoms with Crippen molar-refractivity contribution in [3.05, 3.63) is 11.6 Å². The van der Waals surface area contributed by atoms with Gasteiger partial charge in [0.05, 0.1) is 19.7 Å². The molecule has 1 fully saturated rings. The molecule has 1 heterocycles. The van der Waals surface area contributed by atoms with Crippen LogP contribution >= 0.6 is 0 Å². The van der Waals surface area contributed by atoms with Gasteiger partial charge in [0, 0.05) is 5.92 Å². The minimum atomic E-state index is -0.00687. The largest absolute Gasteiger partial charge is 0.461 e. The molecular formula is C17H30NO2+. The molecule has 3 unspecified atom stereocenters. The van der Waals surface area contributed by atoms with E-state index in [9.17, 15) is 4.79 Å². The maximum atomic E-state index is 12.0. The smallest absolute Gasteiger partial charge is 0.361 e. The molecule has 1 N–H and O–H groups in total. The zero-order valence-corrected chi connectivity index (χ0v) is 13.3. The van der Waals surface area contributed by atoms with Crippen molar-refractivity contribution < 1.29 is 14.4 Å². The van der Waals surface area contributed by atoms with Crippen LogP contribution in [0.5, 0.6) is 0 Å². The molecule has 1 aliphatic heterocycles. The first-order chi connectivity index (χ1) is 9.56. The van der Waals surface area contributed by atoms with Crippen LogP contribution in [0.1, 0.15) is 46.5 Å². The number of ether oxygens (including phenoxy) is 1. The second-order valence-electron chi connectivity index (χ2n) is 6.89. The topological polar surface area (TPSA) is 30.7 Å². The Hall–Kier alpha value is -0.830. The Labute approximate surface area is 123 Å². The number of likely N-dealkylation sites (tertiary alicyclic amines) is 1. The van der Waals surface area contributed by atoms with Gasteiger partial charge < -0.3 is 9.64 Å². The summed E-state index contributed by atoms with van der Waals surface area (Å²) in [5, 5.41) is 0. The van der Waals surface area contributed by atoms with E-state index < -0.39 is 0 Å². The van der Waals surface area contributed by atoms with Crippen molar-refractivity contribution in [3.63, 3.8) is 0 Å². The first kappa shape index (κ1) is 15.6. The summed E-state index contributed by atoms with van der Waals surface area (Å²) in [6.45, 7) is 10.1. The molecule has 20 heavy (non-hydrogen) atoms. The van der Waals surface area contributed by atoms with Gasteiger partial charge in [-0.25, -0.2) is 4.79 Å². The molecule has 0 amide bonds. The van der Waals surface area contributed by atoms with Crippen molar-refractivity contribution in [2.45, 2.75) is 46.5 Å². The zero-order chi connectivity index (χ0) is 14.5. The van der Waals surface area contributed by atoms with Crippen LogP contribution in [-0.2, 0) is 9.53 Å². The Kier molecular flexibility index (Phi) is 5.64. The molecule has 3 atom stereocenters. The number of allylic oxidation sites excluding steroid dienone is 2. The third-order valence-corrected chi connectivity index (χ3v) is 4.99. The van der Waals surface area contributed by atoms with Crippen LogP contribution in [-0.4, -0.2) is 32.2 Å². The fourth-order valence-corrected chi connectivity index (χ4v) is 3.81. The third-order valence-electron chi connectivity index (χ3n) is 4.99. The molecule has 0 spiro atoms. The van der Waals surface area contributed by atoms with Crippen LogP contribution in [0.2, 0.25) is 0 Å². The molecular weight excluding hydrogens is 250 g/mol. The minimum absolute atomic E-state index is 0.00687. The first-order valence-electron chi connectivity index (χ1n) is 8.22. The molecule has 2 rings (SSSR count). The highest BCUT2D eigenvalue weighted by Crippen LogP contribution is 2.33. The van der Waals surface area contributed by atoms with Gasteiger partial charge in [0.2, 0.25) is 0 Å². The lowest BCUT2D eigenvalue weighted by Crippen LogP contribution is -3.13. The SMILES string of the molecule is CC1=CC(C)C(COC(=O)C[NH+]2CCCCC2)C(C)C1. The van der Waals surface area contributed by atoms with Gasteiger partial charge in [-0.15, -0.1) is 0 Å². The van der Waals surface area contributed by atoms with E-state index in [0.717, 1.165) is 19.5 Å². The standard InChI is InChI=1S/C17H29NO2/c1-13-9-14(2)16(15(3)10-13)12-20-17(19)11-18-7-5-4-6-8-18/h9,14-16H,4-8,10-12H2,1-3H3/p+1. The highest BCUT2D eigenvalue weighted by Gasteiger charge is 2.28. The van der Waals surface area contributed by atoms with E-state index >= 15 is 0 Å². The van der Waals surface area contributed by atoms with Crippen molar-refractivity contribution in [1.29, 1.82) is 0 Å². The molecule has 114 valence electrons. The van der Waals surface area contributed by atoms with Crippen LogP contribution < -0.4 is 4.90 Å². The van der Waals surface area contributed by atoms with Crippen LogP contribution in [0.3, 0.4) is 0 Å². The Balaban J connectivity index is 1.75. The van der Waals surface area contributed by atoms with E-state index in [4.69, 9.17) is 4.74 Å². The van der Waals surface area contributed by atoms with Crippen molar-refractivity contribution in [2.75, 3.05) is 26.2 Å². The fraction of sp³-hybridized carbons (Fsp3) is 0.824. The number of hydrogen-bond donors (Lipinski definition) is 1. The average molecular weight is 280 g/mol. The minimum Gasteiger partial charge on any atom is -0.461 e. The van der Waals surface area contributed by atoms with Gasteiger partial charge >= 0.3 is 5.97 Å². The molecule has 1 aliphatic carbocycles. The number of rotatable bonds is 4. The first-order valence-corrected chi connectivity index (χ1v) is 8.22. The number of piperidine rings is 1. The maximum Gasteiger partial charge on any atom is 0.361 e. The van der Waals surface area contributed by atoms with E-state index in [2.05, 4.69) is 26.8 Å². The summed E-state index contributed by atoms with van der Waals surface area (Å²) in [4.78, 5) is 13.4. The number of nitrogens with one attached hydrogen (secondary N) is 1. The van der Waals surface area contributed by atoms with Crippen molar-refractivity contribution >= 4 is 5.97 Å². The Bertz CT molecular complexity index is 358. The van der Waals surface area contributed by atoms with Crippen LogP contribution in [0.4, 0.5) is 0 Å². The molecule has 1 saturated heterocycles. The van der Waals surface area contributed by atoms with Gasteiger partial charge in [-0.05, 0) is 44.4 Å². The lowest BCUT2D eigenvalue weighted by atomic mass is 9.75. The predicted molar refractivity (Wildman–Crippen MR) is 80.6 cm³/mol. The quantitative estimate of drug-likeness (QED) is 0.629. The highest BCUT2D eigenvalue weighted by atomic mass is 16.5. The van der Waals surface area contributed by atoms with E-state index in [0.29, 0.717) is 30.9 Å². The molecule has 0 aromatic heterocycles. The van der Waals surface area contributed by atoms with E-state index in [1.807, 2.05) is 0 Å². The number of hydrogen-bond acceptors (Lipinski definition) is 2. The van der Waals surface area contributed by atoms with Gasteiger partial charge in [0.25, 0.3) is 0 Å². The summed E-state index contributed by atoms with van der Waals surface area (Å²) in [5.74, 6) is 1.62. The summed E-state index contributed by atoms with van der Waals surface area (Å²) in [5.41, 5.74) is 1.48. The van der Waals surface area contributed by atoms with Gasteiger partial charge in [0.15, 0.2) is 6.54 Å². The number of quaternary nitrogens is 1. The second-order valence-corrected chi connectivity index (χ2v) is 6.89. The lowest BCUT2D eigenvalue weighted by Gasteiger charge is -2.32. The summed E-state index contributed by atoms with van der Waals surface area (Å²) in [6.07, 6.45) is 7.31. The summed E-state index contributed by atoms with van der Waals surface area (Å²) in [7, 11) is 0. The number of carbonyl (C=O) groups excluding carboxylic acids is 1. The molecule has 3 heteroatoms. The fourth-order valence-electron chi connectivity index (χ4n) is 3.81. The second kappa shape index (κ2) is 7.26. The number of carbonyl (C=O) groups is 1. The Morgan fingerprint density at radius 2 is 2.00 bits per heavy atom. The third kappa shape index (κ3) is 4.34. The van der Waals surface area contributed by atoms with E-state index in [1.54, 1.807) is 0 Å². The molecule has 0 aromatic rings. The van der Waals surface area contributed by atoms with E-state index in [1.165, 1.54) is 29.7 Å². The van der Waals surface area contributed by atoms with E-state index in [-0.39, 0.29) is 5.97 Å². The molecule has 2 aliphatic rings. The monoisotopic (exact) mass is 280 g/mol. The summed E-state index contributed by atoms with van der Waals surface area (Å²) in [6, 6.07) is 0. The summed E-state index contributed by atoms with van der Waals surface area (Å²) < 4.78 is 5.57. The van der Waals surface area contributed by atoms with Crippen LogP contribution in [0, 0.1) is 17.8 Å².